The topological polar surface area (TPSA) is 79.5 Å². The van der Waals surface area contributed by atoms with Crippen LogP contribution in [0.2, 0.25) is 5.02 Å². The van der Waals surface area contributed by atoms with E-state index in [9.17, 15) is 19.8 Å². The molecule has 1 atom stereocenters. The zero-order valence-electron chi connectivity index (χ0n) is 13.8. The Morgan fingerprint density at radius 1 is 1.19 bits per heavy atom. The molecule has 132 valence electrons. The van der Waals surface area contributed by atoms with Crippen LogP contribution in [0, 0.1) is 0 Å². The molecule has 2 heterocycles. The average molecular weight is 370 g/mol. The molecule has 1 aromatic heterocycles. The van der Waals surface area contributed by atoms with Crippen molar-refractivity contribution in [3.8, 4) is 5.75 Å². The summed E-state index contributed by atoms with van der Waals surface area (Å²) in [5, 5.41) is 20.8. The number of para-hydroxylation sites is 1. The van der Waals surface area contributed by atoms with Crippen LogP contribution in [-0.2, 0) is 12.8 Å². The third-order valence-corrected chi connectivity index (χ3v) is 5.25. The summed E-state index contributed by atoms with van der Waals surface area (Å²) in [5.74, 6) is -1.87. The average Bonchev–Trinajstić information content (AvgIpc) is 2.61. The smallest absolute Gasteiger partial charge is 0.345 e. The number of aromatic hydroxyl groups is 1. The van der Waals surface area contributed by atoms with Gasteiger partial charge in [-0.2, -0.15) is 0 Å². The molecule has 0 aliphatic carbocycles. The van der Waals surface area contributed by atoms with Crippen molar-refractivity contribution in [1.29, 1.82) is 0 Å². The maximum atomic E-state index is 12.9. The van der Waals surface area contributed by atoms with Crippen molar-refractivity contribution in [3.63, 3.8) is 0 Å². The van der Waals surface area contributed by atoms with E-state index in [-0.39, 0.29) is 6.04 Å². The molecule has 2 N–H and O–H groups in total. The van der Waals surface area contributed by atoms with Crippen LogP contribution in [0.1, 0.15) is 33.9 Å². The maximum absolute atomic E-state index is 12.9. The summed E-state index contributed by atoms with van der Waals surface area (Å²) in [6, 6.07) is 12.6. The van der Waals surface area contributed by atoms with E-state index in [1.54, 1.807) is 28.8 Å². The summed E-state index contributed by atoms with van der Waals surface area (Å²) >= 11 is 5.94. The minimum absolute atomic E-state index is 0.181. The predicted octanol–water partition coefficient (Wildman–Crippen LogP) is 3.79. The quantitative estimate of drug-likeness (QED) is 0.736. The van der Waals surface area contributed by atoms with Gasteiger partial charge < -0.3 is 14.8 Å². The Morgan fingerprint density at radius 3 is 2.62 bits per heavy atom. The van der Waals surface area contributed by atoms with Gasteiger partial charge in [0.05, 0.1) is 5.52 Å². The number of aromatic carboxylic acids is 1. The minimum Gasteiger partial charge on any atom is -0.506 e. The Morgan fingerprint density at radius 2 is 1.92 bits per heavy atom. The second-order valence-corrected chi connectivity index (χ2v) is 6.98. The van der Waals surface area contributed by atoms with Gasteiger partial charge >= 0.3 is 5.97 Å². The summed E-state index contributed by atoms with van der Waals surface area (Å²) in [6.07, 6.45) is 2.07. The third-order valence-electron chi connectivity index (χ3n) is 5.00. The number of carboxylic acids is 1. The fourth-order valence-electron chi connectivity index (χ4n) is 3.80. The number of halogens is 1. The largest absolute Gasteiger partial charge is 0.506 e. The Kier molecular flexibility index (Phi) is 3.96. The molecule has 4 rings (SSSR count). The van der Waals surface area contributed by atoms with Crippen molar-refractivity contribution in [1.82, 2.24) is 4.57 Å². The number of hydrogen-bond donors (Lipinski definition) is 2. The van der Waals surface area contributed by atoms with Gasteiger partial charge in [0.15, 0.2) is 5.56 Å². The van der Waals surface area contributed by atoms with E-state index in [0.29, 0.717) is 22.3 Å². The number of benzene rings is 2. The molecule has 1 aliphatic rings. The lowest BCUT2D eigenvalue weighted by Crippen LogP contribution is -2.33. The van der Waals surface area contributed by atoms with E-state index in [0.717, 1.165) is 24.0 Å². The van der Waals surface area contributed by atoms with E-state index in [2.05, 4.69) is 0 Å². The molecule has 26 heavy (non-hydrogen) atoms. The summed E-state index contributed by atoms with van der Waals surface area (Å²) < 4.78 is 1.55. The number of nitrogens with zero attached hydrogens (tertiary/aromatic N) is 1. The lowest BCUT2D eigenvalue weighted by molar-refractivity contribution is 0.0691. The normalized spacial score (nSPS) is 16.0. The van der Waals surface area contributed by atoms with Crippen LogP contribution in [0.5, 0.6) is 5.75 Å². The molecule has 0 radical (unpaired) electrons. The highest BCUT2D eigenvalue weighted by Gasteiger charge is 2.29. The predicted molar refractivity (Wildman–Crippen MR) is 99.3 cm³/mol. The molecule has 0 fully saturated rings. The fourth-order valence-corrected chi connectivity index (χ4v) is 3.93. The van der Waals surface area contributed by atoms with E-state index in [4.69, 9.17) is 11.6 Å². The van der Waals surface area contributed by atoms with E-state index in [1.165, 1.54) is 0 Å². The van der Waals surface area contributed by atoms with Crippen LogP contribution in [0.4, 0.5) is 0 Å². The van der Waals surface area contributed by atoms with Crippen LogP contribution in [0.25, 0.3) is 10.9 Å². The Balaban J connectivity index is 1.95. The van der Waals surface area contributed by atoms with Gasteiger partial charge in [0, 0.05) is 16.5 Å². The highest BCUT2D eigenvalue weighted by atomic mass is 35.5. The molecule has 6 heteroatoms. The van der Waals surface area contributed by atoms with Gasteiger partial charge in [-0.25, -0.2) is 4.79 Å². The van der Waals surface area contributed by atoms with Gasteiger partial charge in [-0.15, -0.1) is 0 Å². The van der Waals surface area contributed by atoms with E-state index >= 15 is 0 Å². The van der Waals surface area contributed by atoms with Crippen LogP contribution in [0.15, 0.2) is 47.3 Å². The van der Waals surface area contributed by atoms with Gasteiger partial charge in [-0.1, -0.05) is 35.9 Å². The van der Waals surface area contributed by atoms with Crippen LogP contribution in [0.3, 0.4) is 0 Å². The second-order valence-electron chi connectivity index (χ2n) is 6.54. The van der Waals surface area contributed by atoms with Crippen LogP contribution < -0.4 is 5.56 Å². The third kappa shape index (κ3) is 2.56. The molecule has 0 saturated carbocycles. The molecule has 0 saturated heterocycles. The Hall–Kier alpha value is -2.79. The zero-order chi connectivity index (χ0) is 18.4. The monoisotopic (exact) mass is 369 g/mol. The lowest BCUT2D eigenvalue weighted by Gasteiger charge is -2.29. The van der Waals surface area contributed by atoms with E-state index in [1.807, 2.05) is 18.2 Å². The number of pyridine rings is 1. The van der Waals surface area contributed by atoms with Crippen molar-refractivity contribution in [2.24, 2.45) is 0 Å². The van der Waals surface area contributed by atoms with E-state index < -0.39 is 22.8 Å². The van der Waals surface area contributed by atoms with Gasteiger partial charge in [-0.3, -0.25) is 4.79 Å². The highest BCUT2D eigenvalue weighted by molar-refractivity contribution is 6.30. The summed E-state index contributed by atoms with van der Waals surface area (Å²) in [7, 11) is 0. The van der Waals surface area contributed by atoms with Crippen molar-refractivity contribution in [2.75, 3.05) is 0 Å². The van der Waals surface area contributed by atoms with Gasteiger partial charge in [0.25, 0.3) is 5.56 Å². The van der Waals surface area contributed by atoms with Gasteiger partial charge in [-0.05, 0) is 48.6 Å². The molecule has 1 unspecified atom stereocenters. The number of rotatable bonds is 3. The number of carbonyl (C=O) groups is 1. The molecular formula is C20H16ClNO4. The van der Waals surface area contributed by atoms with Crippen LogP contribution >= 0.6 is 11.6 Å². The maximum Gasteiger partial charge on any atom is 0.345 e. The minimum atomic E-state index is -1.42. The Bertz CT molecular complexity index is 1090. The molecule has 3 aromatic rings. The summed E-state index contributed by atoms with van der Waals surface area (Å²) in [5.41, 5.74) is 1.36. The SMILES string of the molecule is O=C(O)c1c(O)c2cccc3c2n(c1=O)C(Cc1ccc(Cl)cc1)CC3. The second kappa shape index (κ2) is 6.18. The van der Waals surface area contributed by atoms with Crippen molar-refractivity contribution >= 4 is 28.5 Å². The van der Waals surface area contributed by atoms with Crippen LogP contribution in [-0.4, -0.2) is 20.7 Å². The standard InChI is InChI=1S/C20H16ClNO4/c21-13-7-4-11(5-8-13)10-14-9-6-12-2-1-3-15-17(12)22(14)19(24)16(18(15)23)20(25)26/h1-5,7-8,14,23H,6,9-10H2,(H,25,26). The van der Waals surface area contributed by atoms with Crippen molar-refractivity contribution in [3.05, 3.63) is 74.5 Å². The van der Waals surface area contributed by atoms with Crippen molar-refractivity contribution in [2.45, 2.75) is 25.3 Å². The molecule has 0 bridgehead atoms. The Labute approximate surface area is 154 Å². The lowest BCUT2D eigenvalue weighted by atomic mass is 9.92. The summed E-state index contributed by atoms with van der Waals surface area (Å²) in [6.45, 7) is 0. The van der Waals surface area contributed by atoms with Gasteiger partial charge in [0.1, 0.15) is 5.75 Å². The molecule has 0 spiro atoms. The highest BCUT2D eigenvalue weighted by Crippen LogP contribution is 2.36. The number of aromatic nitrogens is 1. The number of hydrogen-bond acceptors (Lipinski definition) is 3. The molecule has 2 aromatic carbocycles. The first-order chi connectivity index (χ1) is 12.5. The zero-order valence-corrected chi connectivity index (χ0v) is 14.5. The molecule has 5 nitrogen and oxygen atoms in total. The molecule has 1 aliphatic heterocycles. The first-order valence-corrected chi connectivity index (χ1v) is 8.72. The molecular weight excluding hydrogens is 354 g/mol. The fraction of sp³-hybridized carbons (Fsp3) is 0.200. The number of aryl methyl sites for hydroxylation is 1. The van der Waals surface area contributed by atoms with Crippen molar-refractivity contribution < 1.29 is 15.0 Å². The first kappa shape index (κ1) is 16.7. The first-order valence-electron chi connectivity index (χ1n) is 8.34. The number of carboxylic acid groups (broad SMARTS) is 1. The van der Waals surface area contributed by atoms with Gasteiger partial charge in [0.2, 0.25) is 0 Å². The summed E-state index contributed by atoms with van der Waals surface area (Å²) in [4.78, 5) is 24.5. The molecule has 0 amide bonds.